The molecule has 1 saturated carbocycles. The van der Waals surface area contributed by atoms with E-state index in [1.54, 1.807) is 10.8 Å². The van der Waals surface area contributed by atoms with Crippen LogP contribution in [0.2, 0.25) is 5.15 Å². The average Bonchev–Trinajstić information content (AvgIpc) is 2.96. The van der Waals surface area contributed by atoms with Crippen molar-refractivity contribution >= 4 is 23.2 Å². The summed E-state index contributed by atoms with van der Waals surface area (Å²) in [5, 5.41) is 4.65. The molecule has 3 heterocycles. The molecule has 3 aromatic rings. The van der Waals surface area contributed by atoms with Crippen molar-refractivity contribution in [3.63, 3.8) is 0 Å². The molecule has 1 aliphatic carbocycles. The standard InChI is InChI=1S/C13H12ClN5O/c14-11-6-12(19-13(17-11)15-8-16-19)18(9-3-4-9)7-10-2-1-5-20-10/h1-2,5-6,8-9H,3-4,7H2. The minimum Gasteiger partial charge on any atom is -0.467 e. The molecule has 0 unspecified atom stereocenters. The summed E-state index contributed by atoms with van der Waals surface area (Å²) >= 11 is 6.09. The zero-order chi connectivity index (χ0) is 13.5. The van der Waals surface area contributed by atoms with Gasteiger partial charge in [-0.1, -0.05) is 11.6 Å². The molecule has 0 spiro atoms. The third kappa shape index (κ3) is 2.02. The molecule has 7 heteroatoms. The fourth-order valence-electron chi connectivity index (χ4n) is 2.33. The van der Waals surface area contributed by atoms with Gasteiger partial charge in [0.1, 0.15) is 23.1 Å². The summed E-state index contributed by atoms with van der Waals surface area (Å²) in [6.07, 6.45) is 5.50. The highest BCUT2D eigenvalue weighted by Crippen LogP contribution is 2.33. The Morgan fingerprint density at radius 1 is 1.45 bits per heavy atom. The number of rotatable bonds is 4. The lowest BCUT2D eigenvalue weighted by molar-refractivity contribution is 0.499. The van der Waals surface area contributed by atoms with Crippen molar-refractivity contribution in [2.45, 2.75) is 25.4 Å². The summed E-state index contributed by atoms with van der Waals surface area (Å²) in [4.78, 5) is 10.5. The van der Waals surface area contributed by atoms with Crippen LogP contribution in [0, 0.1) is 0 Å². The van der Waals surface area contributed by atoms with Crippen LogP contribution in [0.15, 0.2) is 35.2 Å². The van der Waals surface area contributed by atoms with Gasteiger partial charge < -0.3 is 9.32 Å². The van der Waals surface area contributed by atoms with E-state index in [0.29, 0.717) is 23.5 Å². The maximum Gasteiger partial charge on any atom is 0.255 e. The first-order valence-electron chi connectivity index (χ1n) is 6.46. The molecule has 102 valence electrons. The van der Waals surface area contributed by atoms with Gasteiger partial charge in [-0.3, -0.25) is 0 Å². The summed E-state index contributed by atoms with van der Waals surface area (Å²) in [7, 11) is 0. The molecular weight excluding hydrogens is 278 g/mol. The van der Waals surface area contributed by atoms with Crippen molar-refractivity contribution < 1.29 is 4.42 Å². The first kappa shape index (κ1) is 11.7. The summed E-state index contributed by atoms with van der Waals surface area (Å²) in [5.74, 6) is 2.33. The molecule has 4 rings (SSSR count). The van der Waals surface area contributed by atoms with Crippen LogP contribution in [0.3, 0.4) is 0 Å². The monoisotopic (exact) mass is 289 g/mol. The summed E-state index contributed by atoms with van der Waals surface area (Å²) in [5.41, 5.74) is 0. The van der Waals surface area contributed by atoms with E-state index >= 15 is 0 Å². The molecule has 0 bridgehead atoms. The molecule has 0 radical (unpaired) electrons. The molecule has 0 N–H and O–H groups in total. The SMILES string of the molecule is Clc1cc(N(Cc2ccco2)C2CC2)n2ncnc2n1. The van der Waals surface area contributed by atoms with Gasteiger partial charge >= 0.3 is 0 Å². The summed E-state index contributed by atoms with van der Waals surface area (Å²) < 4.78 is 7.17. The Labute approximate surface area is 120 Å². The van der Waals surface area contributed by atoms with Gasteiger partial charge in [-0.05, 0) is 25.0 Å². The van der Waals surface area contributed by atoms with Crippen LogP contribution in [0.5, 0.6) is 0 Å². The molecule has 20 heavy (non-hydrogen) atoms. The van der Waals surface area contributed by atoms with Gasteiger partial charge in [-0.25, -0.2) is 0 Å². The van der Waals surface area contributed by atoms with E-state index in [4.69, 9.17) is 16.0 Å². The topological polar surface area (TPSA) is 59.5 Å². The molecule has 0 aliphatic heterocycles. The van der Waals surface area contributed by atoms with Crippen molar-refractivity contribution in [1.29, 1.82) is 0 Å². The number of halogens is 1. The van der Waals surface area contributed by atoms with Crippen LogP contribution in [0.4, 0.5) is 5.82 Å². The van der Waals surface area contributed by atoms with Crippen molar-refractivity contribution in [1.82, 2.24) is 19.6 Å². The summed E-state index contributed by atoms with van der Waals surface area (Å²) in [6.45, 7) is 0.687. The van der Waals surface area contributed by atoms with Gasteiger partial charge in [-0.15, -0.1) is 0 Å². The number of hydrogen-bond acceptors (Lipinski definition) is 5. The zero-order valence-corrected chi connectivity index (χ0v) is 11.4. The first-order valence-corrected chi connectivity index (χ1v) is 6.84. The molecule has 1 aliphatic rings. The lowest BCUT2D eigenvalue weighted by Crippen LogP contribution is -2.27. The van der Waals surface area contributed by atoms with Gasteiger partial charge in [0.05, 0.1) is 12.8 Å². The highest BCUT2D eigenvalue weighted by atomic mass is 35.5. The Morgan fingerprint density at radius 3 is 3.10 bits per heavy atom. The lowest BCUT2D eigenvalue weighted by Gasteiger charge is -2.23. The van der Waals surface area contributed by atoms with Crippen LogP contribution in [0.1, 0.15) is 18.6 Å². The van der Waals surface area contributed by atoms with Crippen molar-refractivity contribution in [2.75, 3.05) is 4.90 Å². The second-order valence-corrected chi connectivity index (χ2v) is 5.23. The Morgan fingerprint density at radius 2 is 2.35 bits per heavy atom. The molecule has 0 atom stereocenters. The minimum atomic E-state index is 0.422. The highest BCUT2D eigenvalue weighted by Gasteiger charge is 2.31. The number of hydrogen-bond donors (Lipinski definition) is 0. The number of nitrogens with zero attached hydrogens (tertiary/aromatic N) is 5. The largest absolute Gasteiger partial charge is 0.467 e. The lowest BCUT2D eigenvalue weighted by atomic mass is 10.3. The maximum atomic E-state index is 6.09. The van der Waals surface area contributed by atoms with Gasteiger partial charge in [-0.2, -0.15) is 19.6 Å². The number of aromatic nitrogens is 4. The van der Waals surface area contributed by atoms with Gasteiger partial charge in [0.2, 0.25) is 0 Å². The Bertz CT molecular complexity index is 734. The summed E-state index contributed by atoms with van der Waals surface area (Å²) in [6, 6.07) is 6.18. The molecule has 6 nitrogen and oxygen atoms in total. The van der Waals surface area contributed by atoms with E-state index in [2.05, 4.69) is 20.0 Å². The third-order valence-electron chi connectivity index (χ3n) is 3.39. The molecule has 0 saturated heterocycles. The molecule has 0 aromatic carbocycles. The van der Waals surface area contributed by atoms with Gasteiger partial charge in [0.15, 0.2) is 0 Å². The second-order valence-electron chi connectivity index (χ2n) is 4.85. The third-order valence-corrected chi connectivity index (χ3v) is 3.58. The van der Waals surface area contributed by atoms with Crippen LogP contribution < -0.4 is 4.90 Å². The molecule has 3 aromatic heterocycles. The van der Waals surface area contributed by atoms with E-state index in [9.17, 15) is 0 Å². The molecular formula is C13H12ClN5O. The predicted molar refractivity (Wildman–Crippen MR) is 73.7 cm³/mol. The fraction of sp³-hybridized carbons (Fsp3) is 0.308. The normalized spacial score (nSPS) is 14.8. The van der Waals surface area contributed by atoms with E-state index in [1.807, 2.05) is 18.2 Å². The molecule has 1 fully saturated rings. The highest BCUT2D eigenvalue weighted by molar-refractivity contribution is 6.29. The number of anilines is 1. The van der Waals surface area contributed by atoms with E-state index in [1.165, 1.54) is 6.33 Å². The average molecular weight is 290 g/mol. The predicted octanol–water partition coefficient (Wildman–Crippen LogP) is 2.54. The first-order chi connectivity index (χ1) is 9.81. The van der Waals surface area contributed by atoms with E-state index < -0.39 is 0 Å². The Hall–Kier alpha value is -2.08. The smallest absolute Gasteiger partial charge is 0.255 e. The quantitative estimate of drug-likeness (QED) is 0.691. The Balaban J connectivity index is 1.79. The van der Waals surface area contributed by atoms with Crippen molar-refractivity contribution in [3.8, 4) is 0 Å². The van der Waals surface area contributed by atoms with E-state index in [-0.39, 0.29) is 0 Å². The van der Waals surface area contributed by atoms with E-state index in [0.717, 1.165) is 24.4 Å². The van der Waals surface area contributed by atoms with Crippen molar-refractivity contribution in [3.05, 3.63) is 41.7 Å². The zero-order valence-electron chi connectivity index (χ0n) is 10.6. The van der Waals surface area contributed by atoms with Gasteiger partial charge in [0.25, 0.3) is 5.78 Å². The van der Waals surface area contributed by atoms with Crippen LogP contribution in [-0.2, 0) is 6.54 Å². The fourth-order valence-corrected chi connectivity index (χ4v) is 2.50. The second kappa shape index (κ2) is 4.49. The molecule has 0 amide bonds. The van der Waals surface area contributed by atoms with Crippen LogP contribution in [0.25, 0.3) is 5.78 Å². The minimum absolute atomic E-state index is 0.422. The van der Waals surface area contributed by atoms with Crippen LogP contribution in [-0.4, -0.2) is 25.6 Å². The van der Waals surface area contributed by atoms with Gasteiger partial charge in [0, 0.05) is 12.1 Å². The number of furan rings is 1. The van der Waals surface area contributed by atoms with Crippen molar-refractivity contribution in [2.24, 2.45) is 0 Å². The number of fused-ring (bicyclic) bond motifs is 1. The maximum absolute atomic E-state index is 6.09. The van der Waals surface area contributed by atoms with Crippen LogP contribution >= 0.6 is 11.6 Å². The Kier molecular flexibility index (Phi) is 2.63.